The molecule has 0 radical (unpaired) electrons. The number of fused-ring (bicyclic) bond motifs is 1. The average Bonchev–Trinajstić information content (AvgIpc) is 2.99. The molecule has 0 bridgehead atoms. The summed E-state index contributed by atoms with van der Waals surface area (Å²) in [6.07, 6.45) is 11.8. The van der Waals surface area contributed by atoms with Crippen LogP contribution >= 0.6 is 0 Å². The monoisotopic (exact) mass is 328 g/mol. The summed E-state index contributed by atoms with van der Waals surface area (Å²) >= 11 is -2.26. The Bertz CT molecular complexity index is 590. The van der Waals surface area contributed by atoms with Crippen molar-refractivity contribution in [3.8, 4) is 0 Å². The fourth-order valence-electron chi connectivity index (χ4n) is 3.58. The topological polar surface area (TPSA) is 0 Å². The Balaban J connectivity index is 2.04. The molecular weight excluding hydrogens is 307 g/mol. The van der Waals surface area contributed by atoms with Crippen molar-refractivity contribution < 1.29 is 20.3 Å². The van der Waals surface area contributed by atoms with E-state index in [1.165, 1.54) is 11.1 Å². The second-order valence-electron chi connectivity index (χ2n) is 6.42. The van der Waals surface area contributed by atoms with Gasteiger partial charge in [0.25, 0.3) is 0 Å². The molecular formula is C18H22Zr. The maximum atomic E-state index is 2.59. The second-order valence-corrected chi connectivity index (χ2v) is 17.9. The molecule has 0 spiro atoms. The summed E-state index contributed by atoms with van der Waals surface area (Å²) in [4.78, 5) is 0. The molecule has 0 amide bonds. The molecule has 19 heavy (non-hydrogen) atoms. The first-order chi connectivity index (χ1) is 9.01. The van der Waals surface area contributed by atoms with Gasteiger partial charge in [-0.3, -0.25) is 0 Å². The van der Waals surface area contributed by atoms with E-state index < -0.39 is 20.3 Å². The van der Waals surface area contributed by atoms with E-state index in [2.05, 4.69) is 71.7 Å². The number of aryl methyl sites for hydroxylation is 1. The van der Waals surface area contributed by atoms with Gasteiger partial charge < -0.3 is 0 Å². The summed E-state index contributed by atoms with van der Waals surface area (Å²) < 4.78 is 7.68. The molecule has 3 rings (SSSR count). The summed E-state index contributed by atoms with van der Waals surface area (Å²) in [5, 5.41) is 0. The minimum atomic E-state index is -2.26. The van der Waals surface area contributed by atoms with Crippen molar-refractivity contribution in [1.29, 1.82) is 0 Å². The van der Waals surface area contributed by atoms with E-state index in [-0.39, 0.29) is 0 Å². The number of hydrogen-bond acceptors (Lipinski definition) is 0. The van der Waals surface area contributed by atoms with Crippen molar-refractivity contribution >= 4 is 6.08 Å². The first-order valence-corrected chi connectivity index (χ1v) is 14.7. The molecule has 0 aromatic heterocycles. The van der Waals surface area contributed by atoms with E-state index in [4.69, 9.17) is 0 Å². The summed E-state index contributed by atoms with van der Waals surface area (Å²) in [5.41, 5.74) is 4.48. The van der Waals surface area contributed by atoms with Gasteiger partial charge in [-0.25, -0.2) is 0 Å². The van der Waals surface area contributed by atoms with Crippen LogP contribution in [0.15, 0.2) is 45.8 Å². The molecule has 1 heteroatoms. The van der Waals surface area contributed by atoms with E-state index in [1.54, 1.807) is 8.84 Å². The van der Waals surface area contributed by atoms with Crippen LogP contribution in [0.2, 0.25) is 12.9 Å². The third-order valence-corrected chi connectivity index (χ3v) is 15.0. The standard InChI is InChI=1S/C11H11.C5H5.2CH3.Zr/c1-8-4-3-5-10-9(2)6-7-11(8)10;1-2-4-5-3-1;;;/h3-5,7,9H,1-2H3;1-5H;2*1H3;. The summed E-state index contributed by atoms with van der Waals surface area (Å²) in [6, 6.07) is 6.76. The zero-order valence-electron chi connectivity index (χ0n) is 12.3. The average molecular weight is 330 g/mol. The molecule has 0 N–H and O–H groups in total. The van der Waals surface area contributed by atoms with E-state index in [1.807, 2.05) is 0 Å². The Morgan fingerprint density at radius 3 is 2.37 bits per heavy atom. The van der Waals surface area contributed by atoms with Gasteiger partial charge in [0.15, 0.2) is 0 Å². The molecule has 0 aliphatic heterocycles. The second kappa shape index (κ2) is 4.70. The summed E-state index contributed by atoms with van der Waals surface area (Å²) in [7, 11) is 0. The molecule has 0 heterocycles. The van der Waals surface area contributed by atoms with Crippen molar-refractivity contribution in [2.24, 2.45) is 0 Å². The normalized spacial score (nSPS) is 21.9. The van der Waals surface area contributed by atoms with Crippen molar-refractivity contribution in [3.63, 3.8) is 0 Å². The maximum absolute atomic E-state index is 2.59. The van der Waals surface area contributed by atoms with Crippen LogP contribution in [0.4, 0.5) is 0 Å². The van der Waals surface area contributed by atoms with E-state index in [0.717, 1.165) is 3.63 Å². The number of allylic oxidation sites excluding steroid dienone is 5. The Morgan fingerprint density at radius 2 is 1.74 bits per heavy atom. The molecule has 0 fully saturated rings. The van der Waals surface area contributed by atoms with Crippen molar-refractivity contribution in [1.82, 2.24) is 0 Å². The number of benzene rings is 1. The third kappa shape index (κ3) is 2.07. The predicted octanol–water partition coefficient (Wildman–Crippen LogP) is 5.62. The fraction of sp³-hybridized carbons (Fsp3) is 0.333. The van der Waals surface area contributed by atoms with E-state index in [9.17, 15) is 0 Å². The number of hydrogen-bond donors (Lipinski definition) is 0. The first-order valence-electron chi connectivity index (χ1n) is 7.18. The Labute approximate surface area is 121 Å². The van der Waals surface area contributed by atoms with Crippen LogP contribution in [0, 0.1) is 6.92 Å². The zero-order chi connectivity index (χ0) is 13.6. The molecule has 2 aliphatic rings. The van der Waals surface area contributed by atoms with Gasteiger partial charge >= 0.3 is 121 Å². The minimum absolute atomic E-state index is 0.628. The van der Waals surface area contributed by atoms with Gasteiger partial charge in [0.2, 0.25) is 0 Å². The fourth-order valence-corrected chi connectivity index (χ4v) is 11.8. The van der Waals surface area contributed by atoms with Gasteiger partial charge in [0.05, 0.1) is 0 Å². The quantitative estimate of drug-likeness (QED) is 0.661. The van der Waals surface area contributed by atoms with Gasteiger partial charge in [0.1, 0.15) is 0 Å². The predicted molar refractivity (Wildman–Crippen MR) is 81.3 cm³/mol. The van der Waals surface area contributed by atoms with Crippen molar-refractivity contribution in [3.05, 3.63) is 62.5 Å². The Morgan fingerprint density at radius 1 is 1.05 bits per heavy atom. The summed E-state index contributed by atoms with van der Waals surface area (Å²) in [6.45, 7) is 4.64. The van der Waals surface area contributed by atoms with Crippen LogP contribution in [-0.4, -0.2) is 0 Å². The molecule has 98 valence electrons. The third-order valence-electron chi connectivity index (χ3n) is 4.92. The zero-order valence-corrected chi connectivity index (χ0v) is 14.7. The van der Waals surface area contributed by atoms with Crippen molar-refractivity contribution in [2.75, 3.05) is 0 Å². The van der Waals surface area contributed by atoms with Crippen LogP contribution in [0.3, 0.4) is 0 Å². The molecule has 2 aliphatic carbocycles. The molecule has 1 atom stereocenters. The van der Waals surface area contributed by atoms with Crippen LogP contribution in [0.25, 0.3) is 6.08 Å². The van der Waals surface area contributed by atoms with Crippen LogP contribution in [0.1, 0.15) is 29.5 Å². The molecule has 0 saturated carbocycles. The molecule has 0 saturated heterocycles. The molecule has 1 aromatic carbocycles. The van der Waals surface area contributed by atoms with Gasteiger partial charge in [-0.1, -0.05) is 0 Å². The van der Waals surface area contributed by atoms with Crippen LogP contribution in [0.5, 0.6) is 0 Å². The van der Waals surface area contributed by atoms with Crippen LogP contribution in [-0.2, 0) is 20.3 Å². The SMILES string of the molecule is Cc1cccc2c1C=[C]([Zr]([CH3])([CH3])[CH]1C=CC=C1)C2C. The van der Waals surface area contributed by atoms with E-state index >= 15 is 0 Å². The van der Waals surface area contributed by atoms with Gasteiger partial charge in [0, 0.05) is 0 Å². The first kappa shape index (κ1) is 13.3. The number of rotatable bonds is 2. The Kier molecular flexibility index (Phi) is 3.30. The van der Waals surface area contributed by atoms with Gasteiger partial charge in [-0.05, 0) is 0 Å². The summed E-state index contributed by atoms with van der Waals surface area (Å²) in [5.74, 6) is 0.628. The molecule has 0 nitrogen and oxygen atoms in total. The Hall–Kier alpha value is -0.677. The van der Waals surface area contributed by atoms with E-state index in [0.29, 0.717) is 5.92 Å². The van der Waals surface area contributed by atoms with Gasteiger partial charge in [-0.2, -0.15) is 0 Å². The molecule has 1 unspecified atom stereocenters. The molecule has 1 aromatic rings. The van der Waals surface area contributed by atoms with Crippen LogP contribution < -0.4 is 0 Å². The van der Waals surface area contributed by atoms with Gasteiger partial charge in [-0.15, -0.1) is 0 Å². The van der Waals surface area contributed by atoms with Crippen molar-refractivity contribution in [2.45, 2.75) is 32.7 Å².